The third-order valence-corrected chi connectivity index (χ3v) is 2.84. The summed E-state index contributed by atoms with van der Waals surface area (Å²) in [5.74, 6) is 0.168. The van der Waals surface area contributed by atoms with E-state index < -0.39 is 23.8 Å². The zero-order valence-corrected chi connectivity index (χ0v) is 11.5. The SMILES string of the molecule is Cc1cc(NC(=O)[C@H](C)n2nc(C(F)(F)F)cc2C)no1. The van der Waals surface area contributed by atoms with Gasteiger partial charge >= 0.3 is 6.18 Å². The van der Waals surface area contributed by atoms with Crippen molar-refractivity contribution in [3.05, 3.63) is 29.3 Å². The van der Waals surface area contributed by atoms with Gasteiger partial charge in [-0.3, -0.25) is 9.48 Å². The number of nitrogens with zero attached hydrogens (tertiary/aromatic N) is 3. The monoisotopic (exact) mass is 302 g/mol. The van der Waals surface area contributed by atoms with Crippen molar-refractivity contribution in [2.75, 3.05) is 5.32 Å². The summed E-state index contributed by atoms with van der Waals surface area (Å²) in [7, 11) is 0. The van der Waals surface area contributed by atoms with Crippen LogP contribution in [0.25, 0.3) is 0 Å². The first-order chi connectivity index (χ1) is 9.68. The summed E-state index contributed by atoms with van der Waals surface area (Å²) < 4.78 is 43.6. The summed E-state index contributed by atoms with van der Waals surface area (Å²) in [4.78, 5) is 12.0. The molecule has 0 aliphatic rings. The molecule has 0 fully saturated rings. The molecule has 0 aliphatic heterocycles. The number of nitrogens with one attached hydrogen (secondary N) is 1. The molecule has 2 aromatic rings. The molecule has 1 N–H and O–H groups in total. The van der Waals surface area contributed by atoms with Gasteiger partial charge in [0.15, 0.2) is 11.5 Å². The zero-order chi connectivity index (χ0) is 15.8. The van der Waals surface area contributed by atoms with E-state index >= 15 is 0 Å². The van der Waals surface area contributed by atoms with Gasteiger partial charge in [0, 0.05) is 11.8 Å². The standard InChI is InChI=1S/C12H13F3N4O2/c1-6-4-9(12(13,14)15)17-19(6)8(3)11(20)16-10-5-7(2)21-18-10/h4-5,8H,1-3H3,(H,16,18,20)/t8-/m0/s1. The molecule has 0 unspecified atom stereocenters. The molecular weight excluding hydrogens is 289 g/mol. The molecule has 2 rings (SSSR count). The average molecular weight is 302 g/mol. The molecule has 21 heavy (non-hydrogen) atoms. The summed E-state index contributed by atoms with van der Waals surface area (Å²) in [6, 6.07) is 1.48. The number of halogens is 3. The molecule has 2 aromatic heterocycles. The van der Waals surface area contributed by atoms with Crippen LogP contribution in [0.3, 0.4) is 0 Å². The van der Waals surface area contributed by atoms with Gasteiger partial charge in [-0.1, -0.05) is 5.16 Å². The summed E-state index contributed by atoms with van der Waals surface area (Å²) >= 11 is 0. The molecule has 0 spiro atoms. The predicted molar refractivity (Wildman–Crippen MR) is 66.5 cm³/mol. The van der Waals surface area contributed by atoms with Crippen LogP contribution in [-0.4, -0.2) is 20.8 Å². The van der Waals surface area contributed by atoms with Crippen molar-refractivity contribution >= 4 is 11.7 Å². The first-order valence-electron chi connectivity index (χ1n) is 6.06. The van der Waals surface area contributed by atoms with E-state index in [0.29, 0.717) is 5.76 Å². The maximum Gasteiger partial charge on any atom is 0.435 e. The Kier molecular flexibility index (Phi) is 3.75. The summed E-state index contributed by atoms with van der Waals surface area (Å²) in [6.07, 6.45) is -4.55. The molecule has 0 bridgehead atoms. The number of aromatic nitrogens is 3. The van der Waals surface area contributed by atoms with Gasteiger partial charge in [-0.15, -0.1) is 0 Å². The molecule has 0 aromatic carbocycles. The fourth-order valence-electron chi connectivity index (χ4n) is 1.79. The van der Waals surface area contributed by atoms with E-state index in [1.54, 1.807) is 6.92 Å². The molecular formula is C12H13F3N4O2. The summed E-state index contributed by atoms with van der Waals surface area (Å²) in [5.41, 5.74) is -0.793. The Balaban J connectivity index is 2.17. The highest BCUT2D eigenvalue weighted by atomic mass is 19.4. The highest BCUT2D eigenvalue weighted by molar-refractivity contribution is 5.92. The second-order valence-electron chi connectivity index (χ2n) is 4.60. The minimum atomic E-state index is -4.55. The van der Waals surface area contributed by atoms with Crippen LogP contribution in [0.15, 0.2) is 16.7 Å². The molecule has 2 heterocycles. The van der Waals surface area contributed by atoms with Gasteiger partial charge in [0.25, 0.3) is 0 Å². The zero-order valence-electron chi connectivity index (χ0n) is 11.5. The van der Waals surface area contributed by atoms with Gasteiger partial charge in [0.1, 0.15) is 11.8 Å². The normalized spacial score (nSPS) is 13.2. The lowest BCUT2D eigenvalue weighted by molar-refractivity contribution is -0.141. The van der Waals surface area contributed by atoms with Crippen LogP contribution in [0.1, 0.15) is 30.1 Å². The number of rotatable bonds is 3. The number of carbonyl (C=O) groups excluding carboxylic acids is 1. The first kappa shape index (κ1) is 15.1. The lowest BCUT2D eigenvalue weighted by Gasteiger charge is -2.13. The Hall–Kier alpha value is -2.32. The van der Waals surface area contributed by atoms with Gasteiger partial charge in [-0.25, -0.2) is 0 Å². The van der Waals surface area contributed by atoms with E-state index in [1.807, 2.05) is 0 Å². The van der Waals surface area contributed by atoms with Crippen molar-refractivity contribution in [1.82, 2.24) is 14.9 Å². The molecule has 6 nitrogen and oxygen atoms in total. The molecule has 1 atom stereocenters. The van der Waals surface area contributed by atoms with E-state index in [2.05, 4.69) is 15.6 Å². The van der Waals surface area contributed by atoms with Gasteiger partial charge in [-0.2, -0.15) is 18.3 Å². The Labute approximate surface area is 117 Å². The van der Waals surface area contributed by atoms with E-state index in [4.69, 9.17) is 4.52 Å². The fourth-order valence-corrected chi connectivity index (χ4v) is 1.79. The lowest BCUT2D eigenvalue weighted by Crippen LogP contribution is -2.25. The van der Waals surface area contributed by atoms with Gasteiger partial charge in [-0.05, 0) is 26.8 Å². The first-order valence-corrected chi connectivity index (χ1v) is 6.06. The molecule has 0 saturated carbocycles. The number of aryl methyl sites for hydroxylation is 2. The second-order valence-corrected chi connectivity index (χ2v) is 4.60. The largest absolute Gasteiger partial charge is 0.435 e. The van der Waals surface area contributed by atoms with Crippen molar-refractivity contribution in [2.45, 2.75) is 33.0 Å². The third kappa shape index (κ3) is 3.23. The Morgan fingerprint density at radius 2 is 2.05 bits per heavy atom. The quantitative estimate of drug-likeness (QED) is 0.946. The van der Waals surface area contributed by atoms with Crippen molar-refractivity contribution in [3.63, 3.8) is 0 Å². The van der Waals surface area contributed by atoms with Crippen LogP contribution >= 0.6 is 0 Å². The van der Waals surface area contributed by atoms with Crippen LogP contribution < -0.4 is 5.32 Å². The van der Waals surface area contributed by atoms with Crippen molar-refractivity contribution in [1.29, 1.82) is 0 Å². The lowest BCUT2D eigenvalue weighted by atomic mass is 10.3. The molecule has 0 aliphatic carbocycles. The maximum atomic E-state index is 12.6. The maximum absolute atomic E-state index is 12.6. The van der Waals surface area contributed by atoms with Gasteiger partial charge in [0.05, 0.1) is 0 Å². The van der Waals surface area contributed by atoms with E-state index in [9.17, 15) is 18.0 Å². The predicted octanol–water partition coefficient (Wildman–Crippen LogP) is 2.71. The number of carbonyl (C=O) groups is 1. The second kappa shape index (κ2) is 5.23. The molecule has 0 saturated heterocycles. The van der Waals surface area contributed by atoms with Gasteiger partial charge < -0.3 is 9.84 Å². The number of amides is 1. The summed E-state index contributed by atoms with van der Waals surface area (Å²) in [5, 5.41) is 9.47. The summed E-state index contributed by atoms with van der Waals surface area (Å²) in [6.45, 7) is 4.55. The number of hydrogen-bond acceptors (Lipinski definition) is 4. The molecule has 114 valence electrons. The average Bonchev–Trinajstić information content (AvgIpc) is 2.94. The van der Waals surface area contributed by atoms with Crippen LogP contribution in [-0.2, 0) is 11.0 Å². The highest BCUT2D eigenvalue weighted by Gasteiger charge is 2.35. The minimum Gasteiger partial charge on any atom is -0.360 e. The van der Waals surface area contributed by atoms with Crippen molar-refractivity contribution in [3.8, 4) is 0 Å². The number of hydrogen-bond donors (Lipinski definition) is 1. The van der Waals surface area contributed by atoms with E-state index in [0.717, 1.165) is 10.7 Å². The Morgan fingerprint density at radius 1 is 1.38 bits per heavy atom. The van der Waals surface area contributed by atoms with Crippen LogP contribution in [0, 0.1) is 13.8 Å². The number of alkyl halides is 3. The topological polar surface area (TPSA) is 73.0 Å². The third-order valence-electron chi connectivity index (χ3n) is 2.84. The smallest absolute Gasteiger partial charge is 0.360 e. The highest BCUT2D eigenvalue weighted by Crippen LogP contribution is 2.29. The van der Waals surface area contributed by atoms with Crippen LogP contribution in [0.5, 0.6) is 0 Å². The molecule has 1 amide bonds. The number of anilines is 1. The van der Waals surface area contributed by atoms with Crippen molar-refractivity contribution in [2.24, 2.45) is 0 Å². The molecule has 0 radical (unpaired) electrons. The molecule has 9 heteroatoms. The fraction of sp³-hybridized carbons (Fsp3) is 0.417. The van der Waals surface area contributed by atoms with Crippen molar-refractivity contribution < 1.29 is 22.5 Å². The van der Waals surface area contributed by atoms with Crippen LogP contribution in [0.4, 0.5) is 19.0 Å². The Morgan fingerprint density at radius 3 is 2.52 bits per heavy atom. The van der Waals surface area contributed by atoms with E-state index in [-0.39, 0.29) is 11.5 Å². The minimum absolute atomic E-state index is 0.199. The Bertz CT molecular complexity index is 660. The van der Waals surface area contributed by atoms with Crippen LogP contribution in [0.2, 0.25) is 0 Å². The van der Waals surface area contributed by atoms with E-state index in [1.165, 1.54) is 19.9 Å². The van der Waals surface area contributed by atoms with Gasteiger partial charge in [0.2, 0.25) is 5.91 Å².